The van der Waals surface area contributed by atoms with Gasteiger partial charge in [0.05, 0.1) is 18.6 Å². The number of nitrogens with zero attached hydrogens (tertiary/aromatic N) is 1. The third kappa shape index (κ3) is 11.5. The van der Waals surface area contributed by atoms with Gasteiger partial charge in [-0.25, -0.2) is 4.79 Å². The number of hydrogen-bond donors (Lipinski definition) is 1. The van der Waals surface area contributed by atoms with Gasteiger partial charge in [0.2, 0.25) is 0 Å². The molecule has 0 bridgehead atoms. The molecular formula is C33H54N2O4. The van der Waals surface area contributed by atoms with Crippen molar-refractivity contribution in [3.63, 3.8) is 0 Å². The fourth-order valence-corrected chi connectivity index (χ4v) is 5.97. The summed E-state index contributed by atoms with van der Waals surface area (Å²) in [5, 5.41) is 3.30. The Bertz CT molecular complexity index is 873. The second kappa shape index (κ2) is 15.6. The Morgan fingerprint density at radius 1 is 1.03 bits per heavy atom. The summed E-state index contributed by atoms with van der Waals surface area (Å²) in [7, 11) is 0. The van der Waals surface area contributed by atoms with Crippen molar-refractivity contribution in [3.05, 3.63) is 35.4 Å². The van der Waals surface area contributed by atoms with E-state index in [0.717, 1.165) is 56.9 Å². The molecule has 0 aromatic heterocycles. The van der Waals surface area contributed by atoms with Gasteiger partial charge in [-0.3, -0.25) is 4.79 Å². The molecule has 2 aliphatic carbocycles. The molecule has 0 aliphatic heterocycles. The minimum Gasteiger partial charge on any atom is -0.460 e. The van der Waals surface area contributed by atoms with Crippen LogP contribution < -0.4 is 5.32 Å². The molecule has 2 aliphatic rings. The van der Waals surface area contributed by atoms with Gasteiger partial charge in [-0.1, -0.05) is 68.9 Å². The molecule has 1 unspecified atom stereocenters. The first kappa shape index (κ1) is 31.4. The SMILES string of the molecule is CCC(CC[C@@H]1CCC[C@H](OCCN(Cc2ccc(C)cc2)C(=O)NC2CCCCC2)C1)C(=O)OC(C)(C)C. The summed E-state index contributed by atoms with van der Waals surface area (Å²) >= 11 is 0. The first-order valence-electron chi connectivity index (χ1n) is 15.6. The number of amides is 2. The highest BCUT2D eigenvalue weighted by atomic mass is 16.6. The second-order valence-corrected chi connectivity index (χ2v) is 12.9. The Kier molecular flexibility index (Phi) is 12.6. The van der Waals surface area contributed by atoms with Gasteiger partial charge in [-0.15, -0.1) is 0 Å². The molecule has 6 heteroatoms. The van der Waals surface area contributed by atoms with Crippen molar-refractivity contribution >= 4 is 12.0 Å². The number of ether oxygens (including phenoxy) is 2. The number of carbonyl (C=O) groups excluding carboxylic acids is 2. The van der Waals surface area contributed by atoms with E-state index < -0.39 is 5.60 Å². The molecule has 0 spiro atoms. The van der Waals surface area contributed by atoms with E-state index in [1.54, 1.807) is 0 Å². The van der Waals surface area contributed by atoms with Crippen molar-refractivity contribution < 1.29 is 19.1 Å². The van der Waals surface area contributed by atoms with Crippen molar-refractivity contribution in [2.75, 3.05) is 13.2 Å². The van der Waals surface area contributed by atoms with Gasteiger partial charge in [-0.2, -0.15) is 0 Å². The van der Waals surface area contributed by atoms with E-state index in [9.17, 15) is 9.59 Å². The highest BCUT2D eigenvalue weighted by Gasteiger charge is 2.28. The molecule has 1 aromatic rings. The summed E-state index contributed by atoms with van der Waals surface area (Å²) < 4.78 is 12.0. The zero-order chi connectivity index (χ0) is 28.3. The molecule has 6 nitrogen and oxygen atoms in total. The van der Waals surface area contributed by atoms with Gasteiger partial charge in [0.25, 0.3) is 0 Å². The van der Waals surface area contributed by atoms with Crippen LogP contribution in [0.1, 0.15) is 116 Å². The summed E-state index contributed by atoms with van der Waals surface area (Å²) in [6.45, 7) is 11.7. The number of nitrogens with one attached hydrogen (secondary N) is 1. The van der Waals surface area contributed by atoms with E-state index in [4.69, 9.17) is 9.47 Å². The van der Waals surface area contributed by atoms with Crippen molar-refractivity contribution in [2.45, 2.75) is 136 Å². The number of urea groups is 1. The molecular weight excluding hydrogens is 488 g/mol. The van der Waals surface area contributed by atoms with E-state index in [0.29, 0.717) is 31.7 Å². The maximum Gasteiger partial charge on any atom is 0.317 e. The highest BCUT2D eigenvalue weighted by Crippen LogP contribution is 2.32. The van der Waals surface area contributed by atoms with Crippen molar-refractivity contribution in [1.29, 1.82) is 0 Å². The van der Waals surface area contributed by atoms with E-state index in [1.165, 1.54) is 31.2 Å². The second-order valence-electron chi connectivity index (χ2n) is 12.9. The predicted octanol–water partition coefficient (Wildman–Crippen LogP) is 7.56. The fourth-order valence-electron chi connectivity index (χ4n) is 5.97. The zero-order valence-corrected chi connectivity index (χ0v) is 25.3. The lowest BCUT2D eigenvalue weighted by atomic mass is 9.82. The van der Waals surface area contributed by atoms with E-state index in [-0.39, 0.29) is 24.0 Å². The molecule has 1 N–H and O–H groups in total. The predicted molar refractivity (Wildman–Crippen MR) is 158 cm³/mol. The monoisotopic (exact) mass is 542 g/mol. The number of benzene rings is 1. The molecule has 0 saturated heterocycles. The largest absolute Gasteiger partial charge is 0.460 e. The quantitative estimate of drug-likeness (QED) is 0.277. The molecule has 0 heterocycles. The van der Waals surface area contributed by atoms with Gasteiger partial charge >= 0.3 is 12.0 Å². The average molecular weight is 543 g/mol. The molecule has 2 fully saturated rings. The Morgan fingerprint density at radius 2 is 1.74 bits per heavy atom. The number of rotatable bonds is 12. The lowest BCUT2D eigenvalue weighted by molar-refractivity contribution is -0.160. The standard InChI is InChI=1S/C33H54N2O4/c1-6-28(31(36)39-33(3,4)5)20-19-26-11-10-14-30(23-26)38-22-21-35(24-27-17-15-25(2)16-18-27)32(37)34-29-12-8-7-9-13-29/h15-18,26,28-30H,6-14,19-24H2,1-5H3,(H,34,37)/t26-,28?,30-/m0/s1. The van der Waals surface area contributed by atoms with E-state index in [1.807, 2.05) is 25.7 Å². The summed E-state index contributed by atoms with van der Waals surface area (Å²) in [5.74, 6) is 0.496. The first-order valence-corrected chi connectivity index (χ1v) is 15.6. The number of esters is 1. The minimum atomic E-state index is -0.436. The van der Waals surface area contributed by atoms with Crippen LogP contribution >= 0.6 is 0 Å². The summed E-state index contributed by atoms with van der Waals surface area (Å²) in [4.78, 5) is 27.8. The van der Waals surface area contributed by atoms with Gasteiger partial charge in [0.15, 0.2) is 0 Å². The van der Waals surface area contributed by atoms with Crippen LogP contribution in [0.5, 0.6) is 0 Å². The summed E-state index contributed by atoms with van der Waals surface area (Å²) in [5.41, 5.74) is 1.94. The van der Waals surface area contributed by atoms with Crippen LogP contribution in [0.3, 0.4) is 0 Å². The zero-order valence-electron chi connectivity index (χ0n) is 25.3. The molecule has 39 heavy (non-hydrogen) atoms. The minimum absolute atomic E-state index is 0.0245. The van der Waals surface area contributed by atoms with Crippen LogP contribution in [-0.2, 0) is 20.8 Å². The van der Waals surface area contributed by atoms with Crippen molar-refractivity contribution in [2.24, 2.45) is 11.8 Å². The van der Waals surface area contributed by atoms with Crippen molar-refractivity contribution in [1.82, 2.24) is 10.2 Å². The van der Waals surface area contributed by atoms with E-state index >= 15 is 0 Å². The lowest BCUT2D eigenvalue weighted by Gasteiger charge is -2.32. The summed E-state index contributed by atoms with van der Waals surface area (Å²) in [6, 6.07) is 8.77. The Hall–Kier alpha value is -2.08. The van der Waals surface area contributed by atoms with Crippen LogP contribution in [0, 0.1) is 18.8 Å². The maximum absolute atomic E-state index is 13.3. The van der Waals surface area contributed by atoms with Gasteiger partial charge < -0.3 is 19.7 Å². The molecule has 220 valence electrons. The Morgan fingerprint density at radius 3 is 2.41 bits per heavy atom. The van der Waals surface area contributed by atoms with Crippen LogP contribution in [0.4, 0.5) is 4.79 Å². The average Bonchev–Trinajstić information content (AvgIpc) is 2.89. The molecule has 1 aromatic carbocycles. The maximum atomic E-state index is 13.3. The van der Waals surface area contributed by atoms with Crippen LogP contribution in [0.15, 0.2) is 24.3 Å². The molecule has 0 radical (unpaired) electrons. The number of carbonyl (C=O) groups is 2. The fraction of sp³-hybridized carbons (Fsp3) is 0.758. The van der Waals surface area contributed by atoms with Gasteiger partial charge in [0.1, 0.15) is 5.60 Å². The molecule has 3 rings (SSSR count). The van der Waals surface area contributed by atoms with Crippen LogP contribution in [-0.4, -0.2) is 47.8 Å². The number of aryl methyl sites for hydroxylation is 1. The Labute approximate surface area is 237 Å². The lowest BCUT2D eigenvalue weighted by Crippen LogP contribution is -2.46. The summed E-state index contributed by atoms with van der Waals surface area (Å²) in [6.07, 6.45) is 13.3. The van der Waals surface area contributed by atoms with E-state index in [2.05, 4.69) is 43.4 Å². The topological polar surface area (TPSA) is 67.9 Å². The third-order valence-corrected chi connectivity index (χ3v) is 8.32. The van der Waals surface area contributed by atoms with Crippen LogP contribution in [0.25, 0.3) is 0 Å². The first-order chi connectivity index (χ1) is 18.6. The highest BCUT2D eigenvalue weighted by molar-refractivity contribution is 5.74. The molecule has 2 amide bonds. The molecule has 2 saturated carbocycles. The van der Waals surface area contributed by atoms with Crippen molar-refractivity contribution in [3.8, 4) is 0 Å². The van der Waals surface area contributed by atoms with Crippen LogP contribution in [0.2, 0.25) is 0 Å². The normalized spacial score (nSPS) is 21.3. The number of hydrogen-bond acceptors (Lipinski definition) is 4. The van der Waals surface area contributed by atoms with Gasteiger partial charge in [-0.05, 0) is 84.1 Å². The molecule has 3 atom stereocenters. The Balaban J connectivity index is 1.48. The third-order valence-electron chi connectivity index (χ3n) is 8.32. The van der Waals surface area contributed by atoms with Gasteiger partial charge in [0, 0.05) is 19.1 Å². The smallest absolute Gasteiger partial charge is 0.317 e.